The third kappa shape index (κ3) is 6.07. The predicted octanol–water partition coefficient (Wildman–Crippen LogP) is 5.01. The number of halogens is 1. The number of rotatable bonds is 7. The molecule has 2 atom stereocenters. The molecule has 3 aromatic carbocycles. The minimum Gasteiger partial charge on any atom is -0.346 e. The van der Waals surface area contributed by atoms with Crippen LogP contribution in [0, 0.1) is 0 Å². The SMILES string of the molecule is C[C@@H](NC(=O)c1ccc([C@@H]2SCC(=O)N2Cc2ccc(Cl)cc2)cc1)c1ccc(S(C)(=O)=O)cc1. The quantitative estimate of drug-likeness (QED) is 0.466. The van der Waals surface area contributed by atoms with Crippen molar-refractivity contribution in [2.24, 2.45) is 0 Å². The molecule has 0 bridgehead atoms. The molecule has 1 aliphatic rings. The Kier molecular flexibility index (Phi) is 7.54. The van der Waals surface area contributed by atoms with E-state index in [2.05, 4.69) is 5.32 Å². The number of nitrogens with zero attached hydrogens (tertiary/aromatic N) is 1. The van der Waals surface area contributed by atoms with E-state index in [-0.39, 0.29) is 28.1 Å². The second-order valence-electron chi connectivity index (χ2n) is 8.47. The Labute approximate surface area is 214 Å². The van der Waals surface area contributed by atoms with Crippen molar-refractivity contribution >= 4 is 45.0 Å². The number of nitrogens with one attached hydrogen (secondary N) is 1. The van der Waals surface area contributed by atoms with E-state index in [9.17, 15) is 18.0 Å². The number of amides is 2. The van der Waals surface area contributed by atoms with Crippen LogP contribution in [0.3, 0.4) is 0 Å². The van der Waals surface area contributed by atoms with Gasteiger partial charge in [0.2, 0.25) is 5.91 Å². The van der Waals surface area contributed by atoms with Crippen LogP contribution in [-0.4, -0.2) is 37.1 Å². The molecule has 0 saturated carbocycles. The highest BCUT2D eigenvalue weighted by Gasteiger charge is 2.32. The summed E-state index contributed by atoms with van der Waals surface area (Å²) in [6.07, 6.45) is 1.16. The van der Waals surface area contributed by atoms with Gasteiger partial charge in [0.05, 0.1) is 16.7 Å². The summed E-state index contributed by atoms with van der Waals surface area (Å²) in [4.78, 5) is 27.4. The lowest BCUT2D eigenvalue weighted by Crippen LogP contribution is -2.28. The molecular formula is C26H25ClN2O4S2. The molecule has 1 fully saturated rings. The zero-order chi connectivity index (χ0) is 25.2. The molecule has 0 spiro atoms. The van der Waals surface area contributed by atoms with Gasteiger partial charge in [0, 0.05) is 23.4 Å². The fourth-order valence-corrected chi connectivity index (χ4v) is 5.80. The molecule has 0 aromatic heterocycles. The maximum atomic E-state index is 12.8. The van der Waals surface area contributed by atoms with Crippen molar-refractivity contribution in [2.75, 3.05) is 12.0 Å². The van der Waals surface area contributed by atoms with Crippen LogP contribution in [0.4, 0.5) is 0 Å². The Morgan fingerprint density at radius 3 is 2.29 bits per heavy atom. The number of benzene rings is 3. The van der Waals surface area contributed by atoms with E-state index in [4.69, 9.17) is 11.6 Å². The molecule has 1 heterocycles. The summed E-state index contributed by atoms with van der Waals surface area (Å²) in [5.74, 6) is 0.257. The van der Waals surface area contributed by atoms with Gasteiger partial charge in [0.25, 0.3) is 5.91 Å². The molecule has 1 N–H and O–H groups in total. The van der Waals surface area contributed by atoms with E-state index in [1.807, 2.05) is 48.2 Å². The highest BCUT2D eigenvalue weighted by Crippen LogP contribution is 2.39. The summed E-state index contributed by atoms with van der Waals surface area (Å²) in [7, 11) is -3.27. The standard InChI is InChI=1S/C26H25ClN2O4S2/c1-17(19-9-13-23(14-10-19)35(2,32)33)28-25(31)20-5-7-21(8-6-20)26-29(24(30)16-34-26)15-18-3-11-22(27)12-4-18/h3-14,17,26H,15-16H2,1-2H3,(H,28,31)/t17-,26+/m1/s1. The molecule has 35 heavy (non-hydrogen) atoms. The number of carbonyl (C=O) groups excluding carboxylic acids is 2. The monoisotopic (exact) mass is 528 g/mol. The van der Waals surface area contributed by atoms with E-state index in [1.165, 1.54) is 0 Å². The number of sulfone groups is 1. The Morgan fingerprint density at radius 1 is 1.06 bits per heavy atom. The summed E-state index contributed by atoms with van der Waals surface area (Å²) in [6, 6.07) is 20.9. The molecule has 0 aliphatic carbocycles. The highest BCUT2D eigenvalue weighted by molar-refractivity contribution is 8.00. The molecule has 3 aromatic rings. The molecule has 0 radical (unpaired) electrons. The van der Waals surface area contributed by atoms with Crippen LogP contribution in [0.15, 0.2) is 77.7 Å². The van der Waals surface area contributed by atoms with E-state index < -0.39 is 9.84 Å². The third-order valence-electron chi connectivity index (χ3n) is 5.85. The van der Waals surface area contributed by atoms with E-state index in [1.54, 1.807) is 48.2 Å². The van der Waals surface area contributed by atoms with Gasteiger partial charge in [-0.25, -0.2) is 8.42 Å². The number of hydrogen-bond acceptors (Lipinski definition) is 5. The van der Waals surface area contributed by atoms with Gasteiger partial charge in [-0.3, -0.25) is 9.59 Å². The van der Waals surface area contributed by atoms with Crippen molar-refractivity contribution in [3.63, 3.8) is 0 Å². The molecule has 9 heteroatoms. The molecular weight excluding hydrogens is 504 g/mol. The zero-order valence-corrected chi connectivity index (χ0v) is 21.7. The van der Waals surface area contributed by atoms with Crippen molar-refractivity contribution in [3.8, 4) is 0 Å². The molecule has 182 valence electrons. The maximum absolute atomic E-state index is 12.8. The Hall–Kier alpha value is -2.81. The van der Waals surface area contributed by atoms with E-state index in [0.717, 1.165) is 22.9 Å². The van der Waals surface area contributed by atoms with Gasteiger partial charge in [0.1, 0.15) is 5.37 Å². The van der Waals surface area contributed by atoms with Gasteiger partial charge in [0.15, 0.2) is 9.84 Å². The van der Waals surface area contributed by atoms with Gasteiger partial charge in [-0.05, 0) is 60.0 Å². The van der Waals surface area contributed by atoms with Crippen LogP contribution in [0.25, 0.3) is 0 Å². The molecule has 0 unspecified atom stereocenters. The molecule has 1 saturated heterocycles. The topological polar surface area (TPSA) is 83.6 Å². The minimum atomic E-state index is -3.27. The van der Waals surface area contributed by atoms with Crippen molar-refractivity contribution in [1.29, 1.82) is 0 Å². The summed E-state index contributed by atoms with van der Waals surface area (Å²) in [6.45, 7) is 2.34. The van der Waals surface area contributed by atoms with E-state index >= 15 is 0 Å². The van der Waals surface area contributed by atoms with Crippen molar-refractivity contribution in [1.82, 2.24) is 10.2 Å². The lowest BCUT2D eigenvalue weighted by atomic mass is 10.1. The van der Waals surface area contributed by atoms with Gasteiger partial charge >= 0.3 is 0 Å². The first kappa shape index (κ1) is 25.3. The average molecular weight is 529 g/mol. The summed E-state index contributed by atoms with van der Waals surface area (Å²) in [5.41, 5.74) is 3.27. The maximum Gasteiger partial charge on any atom is 0.251 e. The van der Waals surface area contributed by atoms with E-state index in [0.29, 0.717) is 22.9 Å². The number of thioether (sulfide) groups is 1. The fraction of sp³-hybridized carbons (Fsp3) is 0.231. The van der Waals surface area contributed by atoms with Crippen molar-refractivity contribution in [2.45, 2.75) is 29.8 Å². The normalized spacial score (nSPS) is 16.8. The van der Waals surface area contributed by atoms with Crippen LogP contribution in [0.1, 0.15) is 45.4 Å². The van der Waals surface area contributed by atoms with Gasteiger partial charge in [-0.15, -0.1) is 11.8 Å². The zero-order valence-electron chi connectivity index (χ0n) is 19.3. The molecule has 6 nitrogen and oxygen atoms in total. The number of carbonyl (C=O) groups is 2. The third-order valence-corrected chi connectivity index (χ3v) is 8.48. The predicted molar refractivity (Wildman–Crippen MR) is 139 cm³/mol. The highest BCUT2D eigenvalue weighted by atomic mass is 35.5. The number of hydrogen-bond donors (Lipinski definition) is 1. The fourth-order valence-electron chi connectivity index (χ4n) is 3.85. The first-order chi connectivity index (χ1) is 16.6. The first-order valence-corrected chi connectivity index (χ1v) is 14.3. The Morgan fingerprint density at radius 2 is 1.69 bits per heavy atom. The minimum absolute atomic E-state index is 0.0764. The lowest BCUT2D eigenvalue weighted by molar-refractivity contribution is -0.128. The second kappa shape index (κ2) is 10.4. The van der Waals surface area contributed by atoms with Crippen LogP contribution >= 0.6 is 23.4 Å². The van der Waals surface area contributed by atoms with Crippen LogP contribution in [0.5, 0.6) is 0 Å². The van der Waals surface area contributed by atoms with Crippen molar-refractivity contribution < 1.29 is 18.0 Å². The summed E-state index contributed by atoms with van der Waals surface area (Å²) in [5, 5.41) is 3.48. The summed E-state index contributed by atoms with van der Waals surface area (Å²) >= 11 is 7.54. The van der Waals surface area contributed by atoms with Gasteiger partial charge in [-0.1, -0.05) is 48.0 Å². The Bertz CT molecular complexity index is 1330. The smallest absolute Gasteiger partial charge is 0.251 e. The molecule has 1 aliphatic heterocycles. The van der Waals surface area contributed by atoms with Gasteiger partial charge < -0.3 is 10.2 Å². The largest absolute Gasteiger partial charge is 0.346 e. The van der Waals surface area contributed by atoms with Crippen molar-refractivity contribution in [3.05, 3.63) is 100 Å². The van der Waals surface area contributed by atoms with Gasteiger partial charge in [-0.2, -0.15) is 0 Å². The molecule has 2 amide bonds. The first-order valence-electron chi connectivity index (χ1n) is 11.0. The van der Waals surface area contributed by atoms with Crippen LogP contribution < -0.4 is 5.32 Å². The molecule has 4 rings (SSSR count). The van der Waals surface area contributed by atoms with Crippen LogP contribution in [-0.2, 0) is 21.2 Å². The summed E-state index contributed by atoms with van der Waals surface area (Å²) < 4.78 is 23.3. The van der Waals surface area contributed by atoms with Crippen LogP contribution in [0.2, 0.25) is 5.02 Å². The lowest BCUT2D eigenvalue weighted by Gasteiger charge is -2.24. The Balaban J connectivity index is 1.42. The average Bonchev–Trinajstić information content (AvgIpc) is 3.20. The second-order valence-corrected chi connectivity index (χ2v) is 12.0.